The second-order valence-corrected chi connectivity index (χ2v) is 4.18. The molecule has 76 valence electrons. The lowest BCUT2D eigenvalue weighted by Crippen LogP contribution is -1.98. The minimum absolute atomic E-state index is 0.0728. The molecule has 0 aliphatic rings. The summed E-state index contributed by atoms with van der Waals surface area (Å²) >= 11 is 5.31. The summed E-state index contributed by atoms with van der Waals surface area (Å²) in [4.78, 5) is 10.8. The topological polar surface area (TPSA) is 57.5 Å². The molecule has 0 aromatic heterocycles. The van der Waals surface area contributed by atoms with Crippen LogP contribution in [0.15, 0.2) is 23.1 Å². The van der Waals surface area contributed by atoms with E-state index < -0.39 is 5.97 Å². The van der Waals surface area contributed by atoms with Gasteiger partial charge in [0.1, 0.15) is 5.75 Å². The Bertz CT molecular complexity index is 339. The lowest BCUT2D eigenvalue weighted by molar-refractivity contribution is -0.133. The predicted octanol–water partition coefficient (Wildman–Crippen LogP) is 2.00. The number of aliphatic carboxylic acids is 1. The van der Waals surface area contributed by atoms with E-state index in [-0.39, 0.29) is 11.5 Å². The van der Waals surface area contributed by atoms with E-state index >= 15 is 0 Å². The smallest absolute Gasteiger partial charge is 0.313 e. The number of phenols is 1. The summed E-state index contributed by atoms with van der Waals surface area (Å²) in [5.74, 6) is -0.0519. The van der Waals surface area contributed by atoms with Gasteiger partial charge in [-0.15, -0.1) is 24.4 Å². The van der Waals surface area contributed by atoms with E-state index in [0.29, 0.717) is 10.6 Å². The van der Waals surface area contributed by atoms with E-state index in [9.17, 15) is 9.90 Å². The Morgan fingerprint density at radius 3 is 2.79 bits per heavy atom. The van der Waals surface area contributed by atoms with Crippen LogP contribution in [0.1, 0.15) is 5.56 Å². The maximum Gasteiger partial charge on any atom is 0.313 e. The van der Waals surface area contributed by atoms with Gasteiger partial charge in [0.05, 0.1) is 5.75 Å². The Kier molecular flexibility index (Phi) is 4.16. The van der Waals surface area contributed by atoms with Gasteiger partial charge < -0.3 is 10.2 Å². The third-order valence-electron chi connectivity index (χ3n) is 1.53. The average Bonchev–Trinajstić information content (AvgIpc) is 2.10. The first-order chi connectivity index (χ1) is 6.59. The van der Waals surface area contributed by atoms with E-state index in [1.807, 2.05) is 6.07 Å². The summed E-state index contributed by atoms with van der Waals surface area (Å²) in [6.45, 7) is 0. The molecule has 0 saturated heterocycles. The molecule has 0 amide bonds. The molecular weight excluding hydrogens is 220 g/mol. The summed E-state index contributed by atoms with van der Waals surface area (Å²) < 4.78 is 0. The summed E-state index contributed by atoms with van der Waals surface area (Å²) in [6, 6.07) is 5.10. The van der Waals surface area contributed by atoms with Crippen LogP contribution in [0.5, 0.6) is 5.75 Å². The molecule has 2 N–H and O–H groups in total. The zero-order valence-corrected chi connectivity index (χ0v) is 9.02. The number of carbonyl (C=O) groups is 1. The van der Waals surface area contributed by atoms with E-state index in [2.05, 4.69) is 12.6 Å². The van der Waals surface area contributed by atoms with Crippen molar-refractivity contribution < 1.29 is 15.0 Å². The van der Waals surface area contributed by atoms with Crippen molar-refractivity contribution in [1.82, 2.24) is 0 Å². The summed E-state index contributed by atoms with van der Waals surface area (Å²) in [5, 5.41) is 17.7. The van der Waals surface area contributed by atoms with Gasteiger partial charge >= 0.3 is 5.97 Å². The second kappa shape index (κ2) is 5.17. The molecule has 0 aliphatic carbocycles. The highest BCUT2D eigenvalue weighted by molar-refractivity contribution is 7.99. The van der Waals surface area contributed by atoms with Crippen LogP contribution in [-0.2, 0) is 10.5 Å². The van der Waals surface area contributed by atoms with E-state index in [1.165, 1.54) is 11.8 Å². The number of aromatic hydroxyl groups is 1. The van der Waals surface area contributed by atoms with Gasteiger partial charge in [0.15, 0.2) is 0 Å². The van der Waals surface area contributed by atoms with Crippen LogP contribution in [-0.4, -0.2) is 21.9 Å². The van der Waals surface area contributed by atoms with Gasteiger partial charge in [-0.25, -0.2) is 0 Å². The highest BCUT2D eigenvalue weighted by Gasteiger charge is 2.01. The Morgan fingerprint density at radius 1 is 1.50 bits per heavy atom. The van der Waals surface area contributed by atoms with Crippen molar-refractivity contribution in [3.05, 3.63) is 23.8 Å². The van der Waals surface area contributed by atoms with Gasteiger partial charge in [-0.2, -0.15) is 0 Å². The van der Waals surface area contributed by atoms with Crippen molar-refractivity contribution >= 4 is 30.4 Å². The van der Waals surface area contributed by atoms with Crippen LogP contribution in [0.3, 0.4) is 0 Å². The predicted molar refractivity (Wildman–Crippen MR) is 59.2 cm³/mol. The van der Waals surface area contributed by atoms with Crippen LogP contribution in [0.2, 0.25) is 0 Å². The quantitative estimate of drug-likeness (QED) is 0.692. The zero-order valence-electron chi connectivity index (χ0n) is 7.30. The van der Waals surface area contributed by atoms with Gasteiger partial charge in [-0.1, -0.05) is 6.07 Å². The van der Waals surface area contributed by atoms with Gasteiger partial charge in [0.2, 0.25) is 0 Å². The molecular formula is C9H10O3S2. The molecule has 0 spiro atoms. The highest BCUT2D eigenvalue weighted by atomic mass is 32.2. The molecule has 0 unspecified atom stereocenters. The molecule has 5 heteroatoms. The van der Waals surface area contributed by atoms with Crippen LogP contribution in [0.4, 0.5) is 0 Å². The zero-order chi connectivity index (χ0) is 10.6. The summed E-state index contributed by atoms with van der Waals surface area (Å²) in [6.07, 6.45) is 0. The number of hydrogen-bond donors (Lipinski definition) is 3. The Morgan fingerprint density at radius 2 is 2.21 bits per heavy atom. The number of hydrogen-bond acceptors (Lipinski definition) is 4. The lowest BCUT2D eigenvalue weighted by atomic mass is 10.2. The Hall–Kier alpha value is -0.810. The van der Waals surface area contributed by atoms with Crippen molar-refractivity contribution in [3.8, 4) is 5.75 Å². The minimum Gasteiger partial charge on any atom is -0.507 e. The number of thiol groups is 1. The number of carboxylic acid groups (broad SMARTS) is 1. The number of benzene rings is 1. The molecule has 1 rings (SSSR count). The van der Waals surface area contributed by atoms with Crippen molar-refractivity contribution in [2.45, 2.75) is 10.6 Å². The number of carboxylic acids is 1. The first-order valence-electron chi connectivity index (χ1n) is 3.90. The first kappa shape index (κ1) is 11.3. The Balaban J connectivity index is 2.51. The second-order valence-electron chi connectivity index (χ2n) is 2.71. The SMILES string of the molecule is O=C(O)CSCc1ccc(S)c(O)c1. The van der Waals surface area contributed by atoms with Crippen molar-refractivity contribution in [2.75, 3.05) is 5.75 Å². The molecule has 0 radical (unpaired) electrons. The molecule has 0 aliphatic heterocycles. The average molecular weight is 230 g/mol. The largest absolute Gasteiger partial charge is 0.507 e. The minimum atomic E-state index is -0.829. The number of thioether (sulfide) groups is 1. The van der Waals surface area contributed by atoms with Gasteiger partial charge in [-0.3, -0.25) is 4.79 Å². The molecule has 1 aromatic rings. The third-order valence-corrected chi connectivity index (χ3v) is 2.90. The molecule has 0 bridgehead atoms. The van der Waals surface area contributed by atoms with Crippen molar-refractivity contribution in [1.29, 1.82) is 0 Å². The maximum absolute atomic E-state index is 10.2. The monoisotopic (exact) mass is 230 g/mol. The molecule has 0 atom stereocenters. The lowest BCUT2D eigenvalue weighted by Gasteiger charge is -2.02. The standard InChI is InChI=1S/C9H10O3S2/c10-7-3-6(1-2-8(7)13)4-14-5-9(11)12/h1-3,10,13H,4-5H2,(H,11,12). The molecule has 1 aromatic carbocycles. The summed E-state index contributed by atoms with van der Waals surface area (Å²) in [7, 11) is 0. The summed E-state index contributed by atoms with van der Waals surface area (Å²) in [5.41, 5.74) is 0.895. The highest BCUT2D eigenvalue weighted by Crippen LogP contribution is 2.24. The van der Waals surface area contributed by atoms with Crippen LogP contribution >= 0.6 is 24.4 Å². The molecule has 0 saturated carbocycles. The normalized spacial score (nSPS) is 10.1. The third kappa shape index (κ3) is 3.51. The number of phenolic OH excluding ortho intramolecular Hbond substituents is 1. The first-order valence-corrected chi connectivity index (χ1v) is 5.50. The van der Waals surface area contributed by atoms with E-state index in [0.717, 1.165) is 5.56 Å². The fourth-order valence-electron chi connectivity index (χ4n) is 0.915. The van der Waals surface area contributed by atoms with Gasteiger partial charge in [-0.05, 0) is 17.7 Å². The molecule has 0 heterocycles. The van der Waals surface area contributed by atoms with E-state index in [1.54, 1.807) is 12.1 Å². The maximum atomic E-state index is 10.2. The van der Waals surface area contributed by atoms with Crippen LogP contribution in [0.25, 0.3) is 0 Å². The van der Waals surface area contributed by atoms with Crippen molar-refractivity contribution in [3.63, 3.8) is 0 Å². The fourth-order valence-corrected chi connectivity index (χ4v) is 1.75. The van der Waals surface area contributed by atoms with Gasteiger partial charge in [0, 0.05) is 10.6 Å². The molecule has 0 fully saturated rings. The molecule has 3 nitrogen and oxygen atoms in total. The van der Waals surface area contributed by atoms with Crippen molar-refractivity contribution in [2.24, 2.45) is 0 Å². The van der Waals surface area contributed by atoms with Gasteiger partial charge in [0.25, 0.3) is 0 Å². The number of rotatable bonds is 4. The van der Waals surface area contributed by atoms with E-state index in [4.69, 9.17) is 5.11 Å². The van der Waals surface area contributed by atoms with Crippen LogP contribution in [0, 0.1) is 0 Å². The molecule has 14 heavy (non-hydrogen) atoms. The fraction of sp³-hybridized carbons (Fsp3) is 0.222. The Labute approximate surface area is 91.6 Å². The van der Waals surface area contributed by atoms with Crippen LogP contribution < -0.4 is 0 Å².